The topological polar surface area (TPSA) is 21.6 Å². The van der Waals surface area contributed by atoms with E-state index in [1.807, 2.05) is 0 Å². The SMILES string of the molecule is CCC(Cl)C(Cl)CCCCCCCCCCCCCC1=NC(C)(C)CO1. The van der Waals surface area contributed by atoms with Gasteiger partial charge in [-0.3, -0.25) is 0 Å². The maximum absolute atomic E-state index is 6.27. The van der Waals surface area contributed by atoms with Crippen molar-refractivity contribution < 1.29 is 4.74 Å². The van der Waals surface area contributed by atoms with E-state index in [-0.39, 0.29) is 16.3 Å². The highest BCUT2D eigenvalue weighted by Gasteiger charge is 2.25. The molecule has 26 heavy (non-hydrogen) atoms. The second kappa shape index (κ2) is 14.1. The third kappa shape index (κ3) is 11.7. The highest BCUT2D eigenvalue weighted by Crippen LogP contribution is 2.21. The zero-order chi connectivity index (χ0) is 19.3. The maximum Gasteiger partial charge on any atom is 0.183 e. The van der Waals surface area contributed by atoms with E-state index < -0.39 is 0 Å². The van der Waals surface area contributed by atoms with Crippen LogP contribution in [0.1, 0.15) is 111 Å². The molecule has 0 saturated heterocycles. The van der Waals surface area contributed by atoms with Crippen molar-refractivity contribution in [2.75, 3.05) is 6.61 Å². The van der Waals surface area contributed by atoms with E-state index in [2.05, 4.69) is 25.8 Å². The van der Waals surface area contributed by atoms with Gasteiger partial charge in [0.05, 0.1) is 5.54 Å². The van der Waals surface area contributed by atoms with Crippen LogP contribution in [0.4, 0.5) is 0 Å². The van der Waals surface area contributed by atoms with Crippen molar-refractivity contribution in [2.45, 2.75) is 127 Å². The van der Waals surface area contributed by atoms with Crippen molar-refractivity contribution in [3.8, 4) is 0 Å². The predicted molar refractivity (Wildman–Crippen MR) is 117 cm³/mol. The fourth-order valence-electron chi connectivity index (χ4n) is 3.43. The van der Waals surface area contributed by atoms with E-state index in [1.165, 1.54) is 70.6 Å². The molecule has 0 aliphatic carbocycles. The smallest absolute Gasteiger partial charge is 0.183 e. The average Bonchev–Trinajstić information content (AvgIpc) is 2.96. The van der Waals surface area contributed by atoms with Crippen LogP contribution in [0, 0.1) is 0 Å². The fraction of sp³-hybridized carbons (Fsp3) is 0.955. The first kappa shape index (κ1) is 24.1. The van der Waals surface area contributed by atoms with Gasteiger partial charge in [0.1, 0.15) is 6.61 Å². The van der Waals surface area contributed by atoms with Crippen LogP contribution >= 0.6 is 23.2 Å². The van der Waals surface area contributed by atoms with Crippen molar-refractivity contribution in [3.05, 3.63) is 0 Å². The summed E-state index contributed by atoms with van der Waals surface area (Å²) in [7, 11) is 0. The first-order valence-electron chi connectivity index (χ1n) is 10.9. The van der Waals surface area contributed by atoms with Crippen LogP contribution in [-0.4, -0.2) is 28.8 Å². The molecule has 0 spiro atoms. The summed E-state index contributed by atoms with van der Waals surface area (Å²) in [5, 5.41) is 0.294. The molecule has 0 aromatic carbocycles. The Kier molecular flexibility index (Phi) is 13.1. The summed E-state index contributed by atoms with van der Waals surface area (Å²) in [5.41, 5.74) is 0.00303. The summed E-state index contributed by atoms with van der Waals surface area (Å²) in [4.78, 5) is 4.61. The molecule has 0 aromatic rings. The minimum absolute atomic E-state index is 0.00303. The molecule has 2 atom stereocenters. The molecule has 1 heterocycles. The zero-order valence-corrected chi connectivity index (χ0v) is 18.9. The summed E-state index contributed by atoms with van der Waals surface area (Å²) in [6.45, 7) is 7.12. The zero-order valence-electron chi connectivity index (χ0n) is 17.4. The number of nitrogens with zero attached hydrogens (tertiary/aromatic N) is 1. The van der Waals surface area contributed by atoms with Crippen molar-refractivity contribution in [1.82, 2.24) is 0 Å². The Morgan fingerprint density at radius 1 is 0.846 bits per heavy atom. The highest BCUT2D eigenvalue weighted by atomic mass is 35.5. The maximum atomic E-state index is 6.27. The second-order valence-corrected chi connectivity index (χ2v) is 9.60. The largest absolute Gasteiger partial charge is 0.478 e. The summed E-state index contributed by atoms with van der Waals surface area (Å²) in [6, 6.07) is 0. The average molecular weight is 406 g/mol. The summed E-state index contributed by atoms with van der Waals surface area (Å²) >= 11 is 12.4. The van der Waals surface area contributed by atoms with Crippen LogP contribution in [0.2, 0.25) is 0 Å². The van der Waals surface area contributed by atoms with Gasteiger partial charge >= 0.3 is 0 Å². The van der Waals surface area contributed by atoms with E-state index >= 15 is 0 Å². The number of hydrogen-bond acceptors (Lipinski definition) is 2. The van der Waals surface area contributed by atoms with Gasteiger partial charge in [0.2, 0.25) is 0 Å². The first-order chi connectivity index (χ1) is 12.4. The minimum atomic E-state index is 0.00303. The Morgan fingerprint density at radius 2 is 1.35 bits per heavy atom. The molecule has 2 nitrogen and oxygen atoms in total. The van der Waals surface area contributed by atoms with Gasteiger partial charge in [0.25, 0.3) is 0 Å². The van der Waals surface area contributed by atoms with Gasteiger partial charge in [-0.2, -0.15) is 0 Å². The molecule has 0 aromatic heterocycles. The Bertz CT molecular complexity index is 384. The van der Waals surface area contributed by atoms with Gasteiger partial charge in [-0.05, 0) is 33.1 Å². The van der Waals surface area contributed by atoms with Crippen LogP contribution in [0.3, 0.4) is 0 Å². The molecule has 154 valence electrons. The van der Waals surface area contributed by atoms with Crippen molar-refractivity contribution in [3.63, 3.8) is 0 Å². The molecule has 0 N–H and O–H groups in total. The second-order valence-electron chi connectivity index (χ2n) is 8.47. The molecule has 0 fully saturated rings. The third-order valence-corrected chi connectivity index (χ3v) is 6.44. The van der Waals surface area contributed by atoms with Gasteiger partial charge in [0, 0.05) is 17.2 Å². The van der Waals surface area contributed by atoms with Gasteiger partial charge < -0.3 is 4.74 Å². The molecule has 1 rings (SSSR count). The molecule has 1 aliphatic heterocycles. The molecular formula is C22H41Cl2NO. The van der Waals surface area contributed by atoms with Crippen molar-refractivity contribution in [1.29, 1.82) is 0 Å². The Labute approximate surface area is 172 Å². The lowest BCUT2D eigenvalue weighted by atomic mass is 10.0. The van der Waals surface area contributed by atoms with E-state index in [9.17, 15) is 0 Å². The quantitative estimate of drug-likeness (QED) is 0.189. The first-order valence-corrected chi connectivity index (χ1v) is 11.8. The standard InChI is InChI=1S/C22H41Cl2NO/c1-4-19(23)20(24)16-14-12-10-8-6-5-7-9-11-13-15-17-21-25-22(2,3)18-26-21/h19-20H,4-18H2,1-3H3. The number of rotatable bonds is 16. The van der Waals surface area contributed by atoms with Crippen LogP contribution in [0.15, 0.2) is 4.99 Å². The van der Waals surface area contributed by atoms with E-state index in [0.29, 0.717) is 0 Å². The van der Waals surface area contributed by atoms with Gasteiger partial charge in [-0.1, -0.05) is 71.1 Å². The van der Waals surface area contributed by atoms with Gasteiger partial charge in [-0.15, -0.1) is 23.2 Å². The van der Waals surface area contributed by atoms with Crippen molar-refractivity contribution >= 4 is 29.1 Å². The van der Waals surface area contributed by atoms with E-state index in [1.54, 1.807) is 0 Å². The summed E-state index contributed by atoms with van der Waals surface area (Å²) < 4.78 is 5.63. The minimum Gasteiger partial charge on any atom is -0.478 e. The molecule has 1 aliphatic rings. The molecule has 2 unspecified atom stereocenters. The molecule has 0 amide bonds. The predicted octanol–water partition coefficient (Wildman–Crippen LogP) is 7.89. The summed E-state index contributed by atoms with van der Waals surface area (Å²) in [5.74, 6) is 0.978. The lowest BCUT2D eigenvalue weighted by Crippen LogP contribution is -2.17. The molecule has 0 bridgehead atoms. The Hall–Kier alpha value is 0.0500. The van der Waals surface area contributed by atoms with Gasteiger partial charge in [-0.25, -0.2) is 4.99 Å². The monoisotopic (exact) mass is 405 g/mol. The molecular weight excluding hydrogens is 365 g/mol. The number of unbranched alkanes of at least 4 members (excludes halogenated alkanes) is 10. The Morgan fingerprint density at radius 3 is 1.81 bits per heavy atom. The number of hydrogen-bond donors (Lipinski definition) is 0. The van der Waals surface area contributed by atoms with E-state index in [4.69, 9.17) is 27.9 Å². The van der Waals surface area contributed by atoms with Gasteiger partial charge in [0.15, 0.2) is 5.90 Å². The van der Waals surface area contributed by atoms with E-state index in [0.717, 1.165) is 31.8 Å². The number of halogens is 2. The molecule has 0 saturated carbocycles. The molecule has 4 heteroatoms. The number of ether oxygens (including phenoxy) is 1. The van der Waals surface area contributed by atoms with Crippen molar-refractivity contribution in [2.24, 2.45) is 4.99 Å². The summed E-state index contributed by atoms with van der Waals surface area (Å²) in [6.07, 6.45) is 17.7. The number of alkyl halides is 2. The lowest BCUT2D eigenvalue weighted by molar-refractivity contribution is 0.273. The van der Waals surface area contributed by atoms with Crippen LogP contribution in [-0.2, 0) is 4.74 Å². The van der Waals surface area contributed by atoms with Crippen LogP contribution in [0.25, 0.3) is 0 Å². The lowest BCUT2D eigenvalue weighted by Gasteiger charge is -2.13. The Balaban J connectivity index is 1.79. The highest BCUT2D eigenvalue weighted by molar-refractivity contribution is 6.29. The number of aliphatic imine (C=N–C) groups is 1. The molecule has 0 radical (unpaired) electrons. The normalized spacial score (nSPS) is 18.4. The van der Waals surface area contributed by atoms with Crippen LogP contribution < -0.4 is 0 Å². The third-order valence-electron chi connectivity index (χ3n) is 5.17. The van der Waals surface area contributed by atoms with Crippen LogP contribution in [0.5, 0.6) is 0 Å². The fourth-order valence-corrected chi connectivity index (χ4v) is 3.89.